The molecule has 0 radical (unpaired) electrons. The molecule has 1 atom stereocenters. The van der Waals surface area contributed by atoms with Gasteiger partial charge >= 0.3 is 0 Å². The van der Waals surface area contributed by atoms with E-state index in [0.717, 1.165) is 21.3 Å². The predicted octanol–water partition coefficient (Wildman–Crippen LogP) is 5.74. The largest absolute Gasteiger partial charge is 0.325 e. The van der Waals surface area contributed by atoms with E-state index >= 15 is 0 Å². The van der Waals surface area contributed by atoms with Gasteiger partial charge in [0.1, 0.15) is 0 Å². The summed E-state index contributed by atoms with van der Waals surface area (Å²) in [5.41, 5.74) is 2.59. The van der Waals surface area contributed by atoms with Crippen LogP contribution in [0.2, 0.25) is 5.02 Å². The van der Waals surface area contributed by atoms with Gasteiger partial charge in [0.2, 0.25) is 5.91 Å². The molecule has 1 amide bonds. The van der Waals surface area contributed by atoms with Crippen LogP contribution in [0.4, 0.5) is 5.69 Å². The number of thioether (sulfide) groups is 1. The lowest BCUT2D eigenvalue weighted by Crippen LogP contribution is -2.22. The van der Waals surface area contributed by atoms with Crippen LogP contribution in [0.15, 0.2) is 52.9 Å². The summed E-state index contributed by atoms with van der Waals surface area (Å²) in [5.74, 6) is -0.104. The fourth-order valence-corrected chi connectivity index (χ4v) is 4.89. The molecule has 0 aliphatic carbocycles. The van der Waals surface area contributed by atoms with Crippen LogP contribution in [0.3, 0.4) is 0 Å². The molecule has 26 heavy (non-hydrogen) atoms. The van der Waals surface area contributed by atoms with Crippen molar-refractivity contribution in [1.29, 1.82) is 0 Å². The Hall–Kier alpha value is -1.67. The molecule has 0 saturated heterocycles. The third-order valence-electron chi connectivity index (χ3n) is 3.63. The van der Waals surface area contributed by atoms with Gasteiger partial charge in [-0.3, -0.25) is 4.79 Å². The number of amides is 1. The molecule has 3 rings (SSSR count). The number of hydrogen-bond donors (Lipinski definition) is 1. The van der Waals surface area contributed by atoms with Crippen molar-refractivity contribution in [1.82, 2.24) is 9.78 Å². The number of nitrogens with zero attached hydrogens (tertiary/aromatic N) is 2. The Kier molecular flexibility index (Phi) is 6.13. The first-order chi connectivity index (χ1) is 12.4. The zero-order valence-corrected chi connectivity index (χ0v) is 17.3. The highest BCUT2D eigenvalue weighted by molar-refractivity contribution is 8.02. The number of benzene rings is 2. The maximum Gasteiger partial charge on any atom is 0.237 e. The maximum absolute atomic E-state index is 12.5. The average molecular weight is 422 g/mol. The Labute approximate surface area is 170 Å². The Morgan fingerprint density at radius 2 is 2.04 bits per heavy atom. The Morgan fingerprint density at radius 1 is 1.31 bits per heavy atom. The van der Waals surface area contributed by atoms with Crippen molar-refractivity contribution in [3.05, 3.63) is 63.1 Å². The lowest BCUT2D eigenvalue weighted by Gasteiger charge is -2.12. The van der Waals surface area contributed by atoms with Crippen LogP contribution in [-0.4, -0.2) is 20.9 Å². The molecule has 0 fully saturated rings. The number of carbonyl (C=O) groups is 1. The maximum atomic E-state index is 12.5. The van der Waals surface area contributed by atoms with Crippen molar-refractivity contribution in [3.63, 3.8) is 0 Å². The lowest BCUT2D eigenvalue weighted by molar-refractivity contribution is -0.115. The molecule has 134 valence electrons. The summed E-state index contributed by atoms with van der Waals surface area (Å²) in [5, 5.41) is 7.73. The Balaban J connectivity index is 1.72. The van der Waals surface area contributed by atoms with Gasteiger partial charge in [-0.2, -0.15) is 0 Å². The molecule has 8 heteroatoms. The van der Waals surface area contributed by atoms with Gasteiger partial charge in [0, 0.05) is 10.7 Å². The molecule has 3 aromatic rings. The number of rotatable bonds is 5. The van der Waals surface area contributed by atoms with E-state index in [-0.39, 0.29) is 11.2 Å². The smallest absolute Gasteiger partial charge is 0.237 e. The number of halogens is 1. The molecule has 4 nitrogen and oxygen atoms in total. The van der Waals surface area contributed by atoms with Crippen LogP contribution in [0.5, 0.6) is 0 Å². The first-order valence-electron chi connectivity index (χ1n) is 7.83. The average Bonchev–Trinajstić information content (AvgIpc) is 2.99. The van der Waals surface area contributed by atoms with Crippen molar-refractivity contribution >= 4 is 58.5 Å². The molecule has 0 aliphatic rings. The first kappa shape index (κ1) is 19.1. The van der Waals surface area contributed by atoms with E-state index < -0.39 is 0 Å². The van der Waals surface area contributed by atoms with E-state index in [1.165, 1.54) is 23.1 Å². The van der Waals surface area contributed by atoms with Gasteiger partial charge < -0.3 is 5.32 Å². The number of aromatic nitrogens is 2. The summed E-state index contributed by atoms with van der Waals surface area (Å²) < 4.78 is 3.12. The molecule has 0 bridgehead atoms. The third kappa shape index (κ3) is 4.54. The number of nitrogens with one attached hydrogen (secondary N) is 1. The topological polar surface area (TPSA) is 46.9 Å². The van der Waals surface area contributed by atoms with Gasteiger partial charge in [0.25, 0.3) is 0 Å². The minimum Gasteiger partial charge on any atom is -0.325 e. The van der Waals surface area contributed by atoms with E-state index in [1.807, 2.05) is 50.2 Å². The number of carbonyl (C=O) groups excluding carboxylic acids is 1. The third-order valence-corrected chi connectivity index (χ3v) is 6.29. The second kappa shape index (κ2) is 8.35. The molecule has 1 aromatic heterocycles. The second-order valence-electron chi connectivity index (χ2n) is 5.59. The zero-order chi connectivity index (χ0) is 18.7. The van der Waals surface area contributed by atoms with Gasteiger partial charge in [0.15, 0.2) is 8.29 Å². The van der Waals surface area contributed by atoms with Crippen molar-refractivity contribution in [2.75, 3.05) is 5.32 Å². The standard InChI is InChI=1S/C18H16ClN3OS3/c1-11-8-9-13(19)10-15(11)20-16(23)12(2)25-17-21-22(18(24)26-17)14-6-4-3-5-7-14/h3-10,12H,1-2H3,(H,20,23). The SMILES string of the molecule is Cc1ccc(Cl)cc1NC(=O)C(C)Sc1nn(-c2ccccc2)c(=S)s1. The number of anilines is 1. The zero-order valence-electron chi connectivity index (χ0n) is 14.1. The monoisotopic (exact) mass is 421 g/mol. The number of para-hydroxylation sites is 1. The van der Waals surface area contributed by atoms with E-state index in [0.29, 0.717) is 8.98 Å². The van der Waals surface area contributed by atoms with Gasteiger partial charge in [-0.1, -0.05) is 59.0 Å². The Bertz CT molecular complexity index is 985. The van der Waals surface area contributed by atoms with E-state index in [4.69, 9.17) is 23.8 Å². The van der Waals surface area contributed by atoms with Crippen molar-refractivity contribution < 1.29 is 4.79 Å². The molecule has 1 unspecified atom stereocenters. The molecule has 0 saturated carbocycles. The molecule has 1 N–H and O–H groups in total. The Morgan fingerprint density at radius 3 is 2.77 bits per heavy atom. The summed E-state index contributed by atoms with van der Waals surface area (Å²) in [6.07, 6.45) is 0. The number of aryl methyl sites for hydroxylation is 1. The summed E-state index contributed by atoms with van der Waals surface area (Å²) in [6.45, 7) is 3.77. The van der Waals surface area contributed by atoms with Gasteiger partial charge in [-0.15, -0.1) is 5.10 Å². The molecule has 0 spiro atoms. The van der Waals surface area contributed by atoms with Crippen LogP contribution in [0.1, 0.15) is 12.5 Å². The summed E-state index contributed by atoms with van der Waals surface area (Å²) in [7, 11) is 0. The van der Waals surface area contributed by atoms with E-state index in [1.54, 1.807) is 16.8 Å². The van der Waals surface area contributed by atoms with Crippen LogP contribution in [0.25, 0.3) is 5.69 Å². The van der Waals surface area contributed by atoms with Gasteiger partial charge in [-0.25, -0.2) is 4.68 Å². The quantitative estimate of drug-likeness (QED) is 0.421. The summed E-state index contributed by atoms with van der Waals surface area (Å²) in [6, 6.07) is 15.1. The predicted molar refractivity (Wildman–Crippen MR) is 112 cm³/mol. The number of hydrogen-bond acceptors (Lipinski definition) is 5. The minimum atomic E-state index is -0.321. The summed E-state index contributed by atoms with van der Waals surface area (Å²) >= 11 is 14.2. The molecule has 2 aromatic carbocycles. The van der Waals surface area contributed by atoms with E-state index in [9.17, 15) is 4.79 Å². The van der Waals surface area contributed by atoms with Crippen molar-refractivity contribution in [2.24, 2.45) is 0 Å². The normalized spacial score (nSPS) is 12.0. The van der Waals surface area contributed by atoms with Crippen LogP contribution in [-0.2, 0) is 4.79 Å². The minimum absolute atomic E-state index is 0.104. The fraction of sp³-hybridized carbons (Fsp3) is 0.167. The highest BCUT2D eigenvalue weighted by atomic mass is 35.5. The highest BCUT2D eigenvalue weighted by Gasteiger charge is 2.18. The van der Waals surface area contributed by atoms with Crippen LogP contribution < -0.4 is 5.32 Å². The van der Waals surface area contributed by atoms with Crippen molar-refractivity contribution in [2.45, 2.75) is 23.4 Å². The molecular formula is C18H16ClN3OS3. The fourth-order valence-electron chi connectivity index (χ4n) is 2.21. The van der Waals surface area contributed by atoms with E-state index in [2.05, 4.69) is 10.4 Å². The highest BCUT2D eigenvalue weighted by Crippen LogP contribution is 2.29. The second-order valence-corrected chi connectivity index (χ2v) is 9.24. The van der Waals surface area contributed by atoms with Crippen LogP contribution >= 0.6 is 46.9 Å². The van der Waals surface area contributed by atoms with Crippen LogP contribution in [0, 0.1) is 10.9 Å². The molecule has 1 heterocycles. The molecule has 0 aliphatic heterocycles. The lowest BCUT2D eigenvalue weighted by atomic mass is 10.2. The molecular weight excluding hydrogens is 406 g/mol. The first-order valence-corrected chi connectivity index (χ1v) is 10.3. The van der Waals surface area contributed by atoms with Gasteiger partial charge in [0.05, 0.1) is 10.9 Å². The van der Waals surface area contributed by atoms with Crippen molar-refractivity contribution in [3.8, 4) is 5.69 Å². The summed E-state index contributed by atoms with van der Waals surface area (Å²) in [4.78, 5) is 12.5. The van der Waals surface area contributed by atoms with Gasteiger partial charge in [-0.05, 0) is 55.9 Å².